The van der Waals surface area contributed by atoms with E-state index in [-0.39, 0.29) is 11.0 Å². The first kappa shape index (κ1) is 19.4. The second-order valence-electron chi connectivity index (χ2n) is 9.91. The van der Waals surface area contributed by atoms with Crippen LogP contribution in [0.25, 0.3) is 0 Å². The second-order valence-corrected chi connectivity index (χ2v) is 9.91. The summed E-state index contributed by atoms with van der Waals surface area (Å²) in [6.07, 6.45) is 8.37. The summed E-state index contributed by atoms with van der Waals surface area (Å²) < 4.78 is 0. The van der Waals surface area contributed by atoms with Crippen LogP contribution in [0.4, 0.5) is 0 Å². The van der Waals surface area contributed by atoms with Gasteiger partial charge >= 0.3 is 0 Å². The van der Waals surface area contributed by atoms with E-state index < -0.39 is 0 Å². The topological polar surface area (TPSA) is 12.4 Å². The van der Waals surface area contributed by atoms with Gasteiger partial charge in [0.25, 0.3) is 0 Å². The van der Waals surface area contributed by atoms with Crippen molar-refractivity contribution in [3.05, 3.63) is 70.3 Å². The molecule has 2 aromatic rings. The SMILES string of the molecule is Cc1ccccc1C=N[C@]1(C)CCC[C@]2(C)c3ccc(C(C)C)cc3CC[C@@H]12. The van der Waals surface area contributed by atoms with Crippen molar-refractivity contribution in [2.45, 2.75) is 83.6 Å². The molecule has 2 aliphatic rings. The van der Waals surface area contributed by atoms with Crippen LogP contribution in [0, 0.1) is 12.8 Å². The molecule has 3 atom stereocenters. The summed E-state index contributed by atoms with van der Waals surface area (Å²) in [6.45, 7) is 11.7. The maximum absolute atomic E-state index is 5.27. The molecule has 0 aliphatic heterocycles. The molecule has 28 heavy (non-hydrogen) atoms. The van der Waals surface area contributed by atoms with Gasteiger partial charge in [0.2, 0.25) is 0 Å². The van der Waals surface area contributed by atoms with E-state index in [9.17, 15) is 0 Å². The van der Waals surface area contributed by atoms with E-state index in [2.05, 4.69) is 83.3 Å². The first-order chi connectivity index (χ1) is 13.3. The number of hydrogen-bond acceptors (Lipinski definition) is 1. The van der Waals surface area contributed by atoms with Gasteiger partial charge in [-0.05, 0) is 84.6 Å². The van der Waals surface area contributed by atoms with E-state index in [1.807, 2.05) is 0 Å². The Kier molecular flexibility index (Phi) is 4.98. The molecule has 1 nitrogen and oxygen atoms in total. The number of aliphatic imine (C=N–C) groups is 1. The van der Waals surface area contributed by atoms with Gasteiger partial charge in [-0.1, -0.05) is 69.7 Å². The summed E-state index contributed by atoms with van der Waals surface area (Å²) in [5.41, 5.74) is 7.53. The highest BCUT2D eigenvalue weighted by molar-refractivity contribution is 5.81. The Morgan fingerprint density at radius 3 is 2.61 bits per heavy atom. The third-order valence-electron chi connectivity index (χ3n) is 7.70. The third-order valence-corrected chi connectivity index (χ3v) is 7.70. The van der Waals surface area contributed by atoms with Crippen LogP contribution in [0.5, 0.6) is 0 Å². The summed E-state index contributed by atoms with van der Waals surface area (Å²) >= 11 is 0. The van der Waals surface area contributed by atoms with E-state index >= 15 is 0 Å². The van der Waals surface area contributed by atoms with Gasteiger partial charge in [0, 0.05) is 6.21 Å². The van der Waals surface area contributed by atoms with E-state index in [0.717, 1.165) is 0 Å². The molecule has 148 valence electrons. The summed E-state index contributed by atoms with van der Waals surface area (Å²) in [7, 11) is 0. The molecular formula is C27H35N. The monoisotopic (exact) mass is 373 g/mol. The highest BCUT2D eigenvalue weighted by atomic mass is 14.9. The lowest BCUT2D eigenvalue weighted by molar-refractivity contribution is 0.0927. The standard InChI is InChI=1S/C27H35N/c1-19(2)21-11-13-24-22(17-21)12-14-25-26(24,4)15-8-16-27(25,5)28-18-23-10-7-6-9-20(23)3/h6-7,9-11,13,17-19,25H,8,12,14-16H2,1-5H3/t25-,26-,27-/m1/s1. The van der Waals surface area contributed by atoms with Crippen LogP contribution < -0.4 is 0 Å². The average Bonchev–Trinajstić information content (AvgIpc) is 2.67. The Morgan fingerprint density at radius 1 is 1.07 bits per heavy atom. The number of hydrogen-bond donors (Lipinski definition) is 0. The van der Waals surface area contributed by atoms with Gasteiger partial charge in [-0.3, -0.25) is 4.99 Å². The molecule has 1 saturated carbocycles. The molecule has 1 fully saturated rings. The highest BCUT2D eigenvalue weighted by Gasteiger charge is 2.51. The van der Waals surface area contributed by atoms with Crippen molar-refractivity contribution in [3.8, 4) is 0 Å². The molecule has 2 aliphatic carbocycles. The molecule has 0 radical (unpaired) electrons. The Balaban J connectivity index is 1.69. The van der Waals surface area contributed by atoms with Crippen LogP contribution in [0.15, 0.2) is 47.5 Å². The van der Waals surface area contributed by atoms with Crippen molar-refractivity contribution in [1.29, 1.82) is 0 Å². The van der Waals surface area contributed by atoms with E-state index in [1.54, 1.807) is 11.1 Å². The fourth-order valence-electron chi connectivity index (χ4n) is 5.94. The average molecular weight is 374 g/mol. The highest BCUT2D eigenvalue weighted by Crippen LogP contribution is 2.55. The molecule has 2 aromatic carbocycles. The smallest absolute Gasteiger partial charge is 0.0616 e. The number of aryl methyl sites for hydroxylation is 2. The van der Waals surface area contributed by atoms with E-state index in [1.165, 1.54) is 48.8 Å². The maximum Gasteiger partial charge on any atom is 0.0616 e. The zero-order valence-electron chi connectivity index (χ0n) is 18.3. The van der Waals surface area contributed by atoms with Crippen LogP contribution in [0.3, 0.4) is 0 Å². The van der Waals surface area contributed by atoms with Crippen LogP contribution >= 0.6 is 0 Å². The van der Waals surface area contributed by atoms with Gasteiger partial charge in [-0.2, -0.15) is 0 Å². The first-order valence-electron chi connectivity index (χ1n) is 11.1. The normalized spacial score (nSPS) is 29.7. The number of nitrogens with zero attached hydrogens (tertiary/aromatic N) is 1. The maximum atomic E-state index is 5.27. The zero-order valence-corrected chi connectivity index (χ0v) is 18.3. The van der Waals surface area contributed by atoms with Crippen molar-refractivity contribution < 1.29 is 0 Å². The first-order valence-corrected chi connectivity index (χ1v) is 11.1. The molecule has 4 rings (SSSR count). The molecule has 1 heteroatoms. The molecular weight excluding hydrogens is 338 g/mol. The fourth-order valence-corrected chi connectivity index (χ4v) is 5.94. The minimum Gasteiger partial charge on any atom is -0.286 e. The summed E-state index contributed by atoms with van der Waals surface area (Å²) in [5.74, 6) is 1.22. The Morgan fingerprint density at radius 2 is 1.86 bits per heavy atom. The van der Waals surface area contributed by atoms with Gasteiger partial charge in [0.1, 0.15) is 0 Å². The predicted octanol–water partition coefficient (Wildman–Crippen LogP) is 7.00. The van der Waals surface area contributed by atoms with Gasteiger partial charge in [-0.25, -0.2) is 0 Å². The molecule has 0 saturated heterocycles. The molecule has 0 unspecified atom stereocenters. The summed E-state index contributed by atoms with van der Waals surface area (Å²) in [5, 5.41) is 0. The van der Waals surface area contributed by atoms with Crippen molar-refractivity contribution in [2.75, 3.05) is 0 Å². The molecule has 0 aromatic heterocycles. The molecule has 0 bridgehead atoms. The van der Waals surface area contributed by atoms with Crippen molar-refractivity contribution in [2.24, 2.45) is 10.9 Å². The Bertz CT molecular complexity index is 893. The third kappa shape index (κ3) is 3.23. The second kappa shape index (κ2) is 7.17. The lowest BCUT2D eigenvalue weighted by Gasteiger charge is -2.54. The number of benzene rings is 2. The lowest BCUT2D eigenvalue weighted by atomic mass is 9.52. The Labute approximate surface area is 171 Å². The quantitative estimate of drug-likeness (QED) is 0.514. The Hall–Kier alpha value is -1.89. The minimum atomic E-state index is 0.0314. The zero-order chi connectivity index (χ0) is 19.9. The fraction of sp³-hybridized carbons (Fsp3) is 0.519. The summed E-state index contributed by atoms with van der Waals surface area (Å²) in [6, 6.07) is 15.9. The van der Waals surface area contributed by atoms with Gasteiger partial charge in [0.05, 0.1) is 5.54 Å². The van der Waals surface area contributed by atoms with Crippen LogP contribution in [0.2, 0.25) is 0 Å². The van der Waals surface area contributed by atoms with Gasteiger partial charge in [0.15, 0.2) is 0 Å². The van der Waals surface area contributed by atoms with Crippen LogP contribution in [-0.4, -0.2) is 11.8 Å². The van der Waals surface area contributed by atoms with E-state index in [0.29, 0.717) is 11.8 Å². The van der Waals surface area contributed by atoms with Crippen molar-refractivity contribution >= 4 is 6.21 Å². The summed E-state index contributed by atoms with van der Waals surface area (Å²) in [4.78, 5) is 5.27. The van der Waals surface area contributed by atoms with Crippen molar-refractivity contribution in [1.82, 2.24) is 0 Å². The van der Waals surface area contributed by atoms with E-state index in [4.69, 9.17) is 4.99 Å². The lowest BCUT2D eigenvalue weighted by Crippen LogP contribution is -2.52. The van der Waals surface area contributed by atoms with Crippen LogP contribution in [0.1, 0.15) is 87.1 Å². The molecule has 0 heterocycles. The van der Waals surface area contributed by atoms with Gasteiger partial charge in [-0.15, -0.1) is 0 Å². The molecule has 0 spiro atoms. The van der Waals surface area contributed by atoms with Crippen molar-refractivity contribution in [3.63, 3.8) is 0 Å². The number of fused-ring (bicyclic) bond motifs is 3. The predicted molar refractivity (Wildman–Crippen MR) is 121 cm³/mol. The van der Waals surface area contributed by atoms with Crippen LogP contribution in [-0.2, 0) is 11.8 Å². The minimum absolute atomic E-state index is 0.0314. The number of rotatable bonds is 3. The van der Waals surface area contributed by atoms with Gasteiger partial charge < -0.3 is 0 Å². The molecule has 0 N–H and O–H groups in total. The molecule has 0 amide bonds. The largest absolute Gasteiger partial charge is 0.286 e.